The molecular formula is C16H10N2. The average Bonchev–Trinajstić information content (AvgIpc) is 2.83. The second-order valence-corrected chi connectivity index (χ2v) is 4.44. The van der Waals surface area contributed by atoms with E-state index in [2.05, 4.69) is 18.2 Å². The highest BCUT2D eigenvalue weighted by atomic mass is 14.3. The zero-order chi connectivity index (χ0) is 12.5. The van der Waals surface area contributed by atoms with E-state index in [0.717, 1.165) is 23.8 Å². The molecule has 1 aliphatic rings. The third-order valence-corrected chi connectivity index (χ3v) is 3.45. The van der Waals surface area contributed by atoms with E-state index in [-0.39, 0.29) is 5.57 Å². The van der Waals surface area contributed by atoms with Crippen molar-refractivity contribution >= 4 is 16.8 Å². The average molecular weight is 230 g/mol. The molecule has 2 aromatic carbocycles. The van der Waals surface area contributed by atoms with E-state index < -0.39 is 0 Å². The van der Waals surface area contributed by atoms with Gasteiger partial charge >= 0.3 is 0 Å². The predicted octanol–water partition coefficient (Wildman–Crippen LogP) is 3.37. The molecule has 0 N–H and O–H groups in total. The molecule has 0 saturated carbocycles. The van der Waals surface area contributed by atoms with Crippen LogP contribution in [0.4, 0.5) is 0 Å². The molecule has 0 unspecified atom stereocenters. The summed E-state index contributed by atoms with van der Waals surface area (Å²) < 4.78 is 0. The fourth-order valence-electron chi connectivity index (χ4n) is 2.64. The van der Waals surface area contributed by atoms with Gasteiger partial charge in [0.25, 0.3) is 0 Å². The summed E-state index contributed by atoms with van der Waals surface area (Å²) in [6, 6.07) is 14.2. The minimum atomic E-state index is 0.147. The number of benzene rings is 2. The van der Waals surface area contributed by atoms with Crippen molar-refractivity contribution in [1.29, 1.82) is 10.5 Å². The highest BCUT2D eigenvalue weighted by molar-refractivity contribution is 5.97. The molecule has 2 nitrogen and oxygen atoms in total. The van der Waals surface area contributed by atoms with E-state index in [1.807, 2.05) is 24.3 Å². The molecule has 2 aromatic rings. The predicted molar refractivity (Wildman–Crippen MR) is 70.6 cm³/mol. The molecule has 1 aliphatic carbocycles. The lowest BCUT2D eigenvalue weighted by Gasteiger charge is -2.05. The van der Waals surface area contributed by atoms with Crippen molar-refractivity contribution in [2.45, 2.75) is 12.8 Å². The van der Waals surface area contributed by atoms with Gasteiger partial charge in [-0.25, -0.2) is 0 Å². The molecule has 0 aromatic heterocycles. The van der Waals surface area contributed by atoms with Crippen molar-refractivity contribution in [2.24, 2.45) is 0 Å². The van der Waals surface area contributed by atoms with Crippen LogP contribution in [0.1, 0.15) is 16.7 Å². The van der Waals surface area contributed by atoms with Crippen LogP contribution in [0.5, 0.6) is 0 Å². The Hall–Kier alpha value is -2.58. The van der Waals surface area contributed by atoms with Gasteiger partial charge in [-0.2, -0.15) is 10.5 Å². The van der Waals surface area contributed by atoms with Gasteiger partial charge in [0.15, 0.2) is 0 Å². The second kappa shape index (κ2) is 4.02. The fraction of sp³-hybridized carbons (Fsp3) is 0.125. The normalized spacial score (nSPS) is 11.9. The molecular weight excluding hydrogens is 220 g/mol. The van der Waals surface area contributed by atoms with Gasteiger partial charge in [0.2, 0.25) is 0 Å². The molecule has 3 rings (SSSR count). The molecule has 0 radical (unpaired) electrons. The molecule has 18 heavy (non-hydrogen) atoms. The van der Waals surface area contributed by atoms with E-state index in [4.69, 9.17) is 10.5 Å². The minimum absolute atomic E-state index is 0.147. The van der Waals surface area contributed by atoms with Crippen molar-refractivity contribution < 1.29 is 0 Å². The van der Waals surface area contributed by atoms with Gasteiger partial charge in [0.05, 0.1) is 0 Å². The Labute approximate surface area is 105 Å². The number of hydrogen-bond acceptors (Lipinski definition) is 2. The summed E-state index contributed by atoms with van der Waals surface area (Å²) in [5.41, 5.74) is 3.84. The number of aryl methyl sites for hydroxylation is 2. The Morgan fingerprint density at radius 1 is 1.00 bits per heavy atom. The van der Waals surface area contributed by atoms with Crippen LogP contribution in [0.25, 0.3) is 16.8 Å². The van der Waals surface area contributed by atoms with Crippen LogP contribution in [-0.2, 0) is 12.8 Å². The van der Waals surface area contributed by atoms with Crippen LogP contribution in [-0.4, -0.2) is 0 Å². The van der Waals surface area contributed by atoms with Crippen LogP contribution in [0.2, 0.25) is 0 Å². The smallest absolute Gasteiger partial charge is 0.130 e. The zero-order valence-electron chi connectivity index (χ0n) is 9.77. The first-order chi connectivity index (χ1) is 8.83. The maximum atomic E-state index is 8.84. The monoisotopic (exact) mass is 230 g/mol. The van der Waals surface area contributed by atoms with Crippen molar-refractivity contribution in [3.63, 3.8) is 0 Å². The first-order valence-electron chi connectivity index (χ1n) is 5.89. The van der Waals surface area contributed by atoms with Gasteiger partial charge < -0.3 is 0 Å². The maximum Gasteiger partial charge on any atom is 0.130 e. The quantitative estimate of drug-likeness (QED) is 0.705. The van der Waals surface area contributed by atoms with Crippen LogP contribution in [0, 0.1) is 22.7 Å². The maximum absolute atomic E-state index is 8.84. The van der Waals surface area contributed by atoms with Crippen LogP contribution >= 0.6 is 0 Å². The molecule has 0 aliphatic heterocycles. The number of hydrogen-bond donors (Lipinski definition) is 0. The summed E-state index contributed by atoms with van der Waals surface area (Å²) >= 11 is 0. The molecule has 2 heteroatoms. The lowest BCUT2D eigenvalue weighted by molar-refractivity contribution is 1.02. The number of nitrogens with zero attached hydrogens (tertiary/aromatic N) is 2. The molecule has 0 amide bonds. The molecule has 84 valence electrons. The lowest BCUT2D eigenvalue weighted by atomic mass is 9.99. The number of rotatable bonds is 1. The third kappa shape index (κ3) is 1.48. The van der Waals surface area contributed by atoms with Gasteiger partial charge in [0.1, 0.15) is 17.7 Å². The lowest BCUT2D eigenvalue weighted by Crippen LogP contribution is -1.84. The summed E-state index contributed by atoms with van der Waals surface area (Å²) in [5.74, 6) is 0. The SMILES string of the molecule is N#CC(C#N)=Cc1ccc2c3c(cccc13)CC2. The third-order valence-electron chi connectivity index (χ3n) is 3.45. The topological polar surface area (TPSA) is 47.6 Å². The zero-order valence-corrected chi connectivity index (χ0v) is 9.77. The fourth-order valence-corrected chi connectivity index (χ4v) is 2.64. The number of allylic oxidation sites excluding steroid dienone is 1. The summed E-state index contributed by atoms with van der Waals surface area (Å²) in [5, 5.41) is 20.1. The van der Waals surface area contributed by atoms with Gasteiger partial charge in [0, 0.05) is 0 Å². The standard InChI is InChI=1S/C16H10N2/c17-9-11(10-18)8-14-7-6-13-5-4-12-2-1-3-15(14)16(12)13/h1-3,6-8H,4-5H2. The number of nitriles is 2. The Morgan fingerprint density at radius 3 is 2.44 bits per heavy atom. The molecule has 0 atom stereocenters. The van der Waals surface area contributed by atoms with Gasteiger partial charge in [-0.3, -0.25) is 0 Å². The molecule has 0 heterocycles. The van der Waals surface area contributed by atoms with Crippen LogP contribution < -0.4 is 0 Å². The summed E-state index contributed by atoms with van der Waals surface area (Å²) in [6.07, 6.45) is 3.84. The van der Waals surface area contributed by atoms with Gasteiger partial charge in [-0.15, -0.1) is 0 Å². The summed E-state index contributed by atoms with van der Waals surface area (Å²) in [4.78, 5) is 0. The minimum Gasteiger partial charge on any atom is -0.192 e. The van der Waals surface area contributed by atoms with Crippen molar-refractivity contribution in [1.82, 2.24) is 0 Å². The first kappa shape index (κ1) is 10.6. The Bertz CT molecular complexity index is 729. The van der Waals surface area contributed by atoms with E-state index in [0.29, 0.717) is 0 Å². The van der Waals surface area contributed by atoms with Crippen LogP contribution in [0.3, 0.4) is 0 Å². The Kier molecular flexibility index (Phi) is 2.36. The van der Waals surface area contributed by atoms with Crippen LogP contribution in [0.15, 0.2) is 35.9 Å². The molecule has 0 fully saturated rings. The van der Waals surface area contributed by atoms with Crippen molar-refractivity contribution in [3.8, 4) is 12.1 Å². The molecule has 0 spiro atoms. The largest absolute Gasteiger partial charge is 0.192 e. The molecule has 0 bridgehead atoms. The summed E-state index contributed by atoms with van der Waals surface area (Å²) in [7, 11) is 0. The van der Waals surface area contributed by atoms with Gasteiger partial charge in [-0.1, -0.05) is 30.3 Å². The van der Waals surface area contributed by atoms with Crippen molar-refractivity contribution in [2.75, 3.05) is 0 Å². The van der Waals surface area contributed by atoms with E-state index in [1.165, 1.54) is 16.5 Å². The highest BCUT2D eigenvalue weighted by Gasteiger charge is 2.15. The Morgan fingerprint density at radius 2 is 1.72 bits per heavy atom. The summed E-state index contributed by atoms with van der Waals surface area (Å²) in [6.45, 7) is 0. The second-order valence-electron chi connectivity index (χ2n) is 4.44. The van der Waals surface area contributed by atoms with Crippen molar-refractivity contribution in [3.05, 3.63) is 52.6 Å². The van der Waals surface area contributed by atoms with Gasteiger partial charge in [-0.05, 0) is 46.4 Å². The highest BCUT2D eigenvalue weighted by Crippen LogP contribution is 2.33. The Balaban J connectivity index is 2.32. The van der Waals surface area contributed by atoms with E-state index >= 15 is 0 Å². The molecule has 0 saturated heterocycles. The first-order valence-corrected chi connectivity index (χ1v) is 5.89. The van der Waals surface area contributed by atoms with E-state index in [1.54, 1.807) is 6.08 Å². The van der Waals surface area contributed by atoms with E-state index in [9.17, 15) is 0 Å².